The average molecular weight is 768 g/mol. The Balaban J connectivity index is 1.17. The number of para-hydroxylation sites is 1. The summed E-state index contributed by atoms with van der Waals surface area (Å²) in [5.74, 6) is 1.96. The third-order valence-electron chi connectivity index (χ3n) is 13.7. The fraction of sp³-hybridized carbons (Fsp3) is 0.568. The molecule has 5 N–H and O–H groups in total. The molecule has 0 radical (unpaired) electrons. The number of nitrogens with zero attached hydrogens (tertiary/aromatic N) is 4. The lowest BCUT2D eigenvalue weighted by Crippen LogP contribution is -2.90. The molecule has 3 saturated carbocycles. The number of pyridine rings is 1. The van der Waals surface area contributed by atoms with Crippen molar-refractivity contribution in [3.8, 4) is 16.9 Å². The highest BCUT2D eigenvalue weighted by Gasteiger charge is 2.83. The third kappa shape index (κ3) is 6.87. The number of methoxy groups -OCH3 is 1. The smallest absolute Gasteiger partial charge is 0.251 e. The number of hydrogen-bond acceptors (Lipinski definition) is 10. The zero-order valence-electron chi connectivity index (χ0n) is 34.5. The van der Waals surface area contributed by atoms with Crippen molar-refractivity contribution in [3.05, 3.63) is 77.6 Å². The van der Waals surface area contributed by atoms with E-state index in [2.05, 4.69) is 41.3 Å². The number of hydrogen-bond donors (Lipinski definition) is 4. The number of ether oxygens (including phenoxy) is 1. The summed E-state index contributed by atoms with van der Waals surface area (Å²) in [4.78, 5) is 43.4. The number of aromatic nitrogens is 1. The van der Waals surface area contributed by atoms with Crippen molar-refractivity contribution in [2.45, 2.75) is 76.9 Å². The van der Waals surface area contributed by atoms with Gasteiger partial charge >= 0.3 is 0 Å². The number of rotatable bonds is 15. The molecule has 4 fully saturated rings. The minimum absolute atomic E-state index is 0.125. The van der Waals surface area contributed by atoms with Crippen molar-refractivity contribution in [1.29, 1.82) is 0 Å². The van der Waals surface area contributed by atoms with Crippen molar-refractivity contribution in [1.82, 2.24) is 25.6 Å². The summed E-state index contributed by atoms with van der Waals surface area (Å²) in [6.07, 6.45) is 2.00. The second-order valence-corrected chi connectivity index (χ2v) is 17.8. The standard InChI is InChI=1S/C44H61N7O5/c1-25-37-38-34(43(37,3)4)21-44(25,38)48-42(54)39-36(26(2)52)35(22-45)56-51(39)23-27-13-12-15-33(40(27)55-9)28-17-29(19-32(18-28)50(7)8)41(53)47-31(24-49(5)6)20-30-14-10-11-16-46-30/h10-19,25-26,31,34-39,52H,20-24,45H2,1-9H3,(H,47,53)(H,48,54)/t25-,26-,31?,34-,35-,36+,37+,38?,39-,44+/m0/s1. The largest absolute Gasteiger partial charge is 0.496 e. The first-order chi connectivity index (χ1) is 26.6. The van der Waals surface area contributed by atoms with Gasteiger partial charge in [0.25, 0.3) is 5.91 Å². The lowest BCUT2D eigenvalue weighted by Gasteiger charge is -2.86. The van der Waals surface area contributed by atoms with Crippen molar-refractivity contribution in [2.75, 3.05) is 53.3 Å². The van der Waals surface area contributed by atoms with E-state index in [0.29, 0.717) is 53.4 Å². The van der Waals surface area contributed by atoms with Gasteiger partial charge < -0.3 is 36.0 Å². The van der Waals surface area contributed by atoms with E-state index in [9.17, 15) is 14.7 Å². The molecular weight excluding hydrogens is 707 g/mol. The maximum atomic E-state index is 14.5. The van der Waals surface area contributed by atoms with Crippen LogP contribution in [0.15, 0.2) is 60.8 Å². The fourth-order valence-electron chi connectivity index (χ4n) is 11.0. The van der Waals surface area contributed by atoms with Gasteiger partial charge in [-0.05, 0) is 92.4 Å². The highest BCUT2D eigenvalue weighted by molar-refractivity contribution is 5.97. The van der Waals surface area contributed by atoms with E-state index in [1.54, 1.807) is 25.3 Å². The number of aliphatic hydroxyl groups excluding tert-OH is 1. The number of benzene rings is 2. The first kappa shape index (κ1) is 40.1. The number of hydroxylamine groups is 2. The number of nitrogens with one attached hydrogen (secondary N) is 2. The molecule has 7 rings (SSSR count). The van der Waals surface area contributed by atoms with E-state index in [1.807, 2.05) is 87.7 Å². The predicted molar refractivity (Wildman–Crippen MR) is 218 cm³/mol. The molecule has 2 aromatic carbocycles. The van der Waals surface area contributed by atoms with Gasteiger partial charge in [0.05, 0.1) is 25.9 Å². The number of likely N-dealkylation sites (N-methyl/N-ethyl adjacent to an activating group) is 1. The zero-order valence-corrected chi connectivity index (χ0v) is 34.5. The van der Waals surface area contributed by atoms with Crippen molar-refractivity contribution in [3.63, 3.8) is 0 Å². The van der Waals surface area contributed by atoms with Crippen LogP contribution >= 0.6 is 0 Å². The Kier molecular flexibility index (Phi) is 11.0. The van der Waals surface area contributed by atoms with Crippen LogP contribution in [0.2, 0.25) is 0 Å². The van der Waals surface area contributed by atoms with Gasteiger partial charge in [0.15, 0.2) is 0 Å². The number of amides is 2. The number of aliphatic hydroxyl groups is 1. The number of carbonyl (C=O) groups is 2. The summed E-state index contributed by atoms with van der Waals surface area (Å²) < 4.78 is 6.14. The van der Waals surface area contributed by atoms with E-state index < -0.39 is 24.2 Å². The number of anilines is 1. The molecule has 1 aromatic heterocycles. The third-order valence-corrected chi connectivity index (χ3v) is 13.7. The summed E-state index contributed by atoms with van der Waals surface area (Å²) in [5.41, 5.74) is 11.0. The lowest BCUT2D eigenvalue weighted by atomic mass is 9.21. The Morgan fingerprint density at radius 3 is 2.48 bits per heavy atom. The normalized spacial score (nSPS) is 29.6. The topological polar surface area (TPSA) is 146 Å². The maximum Gasteiger partial charge on any atom is 0.251 e. The van der Waals surface area contributed by atoms with E-state index >= 15 is 0 Å². The SMILES string of the molecule is COc1c(CN2O[C@@H](CN)[C@@H]([C@H](C)O)[C@H]2C(=O)N[C@@]23C[C@H]4C2[C@@H]([C@@H]3C)C4(C)C)cccc1-c1cc(C(=O)NC(Cc2ccccn2)CN(C)C)cc(N(C)C)c1. The van der Waals surface area contributed by atoms with Crippen LogP contribution in [0.3, 0.4) is 0 Å². The minimum atomic E-state index is -0.821. The molecule has 2 amide bonds. The van der Waals surface area contributed by atoms with Crippen LogP contribution in [-0.2, 0) is 22.6 Å². The van der Waals surface area contributed by atoms with E-state index in [4.69, 9.17) is 15.3 Å². The molecule has 302 valence electrons. The van der Waals surface area contributed by atoms with Crippen LogP contribution in [0.5, 0.6) is 5.75 Å². The van der Waals surface area contributed by atoms with Gasteiger partial charge in [0.2, 0.25) is 5.91 Å². The molecule has 2 unspecified atom stereocenters. The van der Waals surface area contributed by atoms with Gasteiger partial charge in [-0.3, -0.25) is 19.4 Å². The monoisotopic (exact) mass is 767 g/mol. The van der Waals surface area contributed by atoms with Crippen LogP contribution in [0.25, 0.3) is 11.1 Å². The Bertz CT molecular complexity index is 1910. The molecule has 2 heterocycles. The highest BCUT2D eigenvalue weighted by atomic mass is 16.7. The lowest BCUT2D eigenvalue weighted by molar-refractivity contribution is -0.349. The quantitative estimate of drug-likeness (QED) is 0.179. The van der Waals surface area contributed by atoms with Crippen molar-refractivity contribution in [2.24, 2.45) is 40.7 Å². The summed E-state index contributed by atoms with van der Waals surface area (Å²) in [7, 11) is 9.51. The molecule has 12 nitrogen and oxygen atoms in total. The zero-order chi connectivity index (χ0) is 40.3. The summed E-state index contributed by atoms with van der Waals surface area (Å²) >= 11 is 0. The number of carbonyl (C=O) groups excluding carboxylic acids is 2. The second kappa shape index (κ2) is 15.4. The molecule has 0 spiro atoms. The Labute approximate surface area is 332 Å². The molecule has 10 atom stereocenters. The first-order valence-electron chi connectivity index (χ1n) is 20.1. The van der Waals surface area contributed by atoms with Crippen LogP contribution in [0.4, 0.5) is 5.69 Å². The molecule has 56 heavy (non-hydrogen) atoms. The molecule has 1 aliphatic heterocycles. The second-order valence-electron chi connectivity index (χ2n) is 17.8. The van der Waals surface area contributed by atoms with Crippen LogP contribution in [-0.4, -0.2) is 110 Å². The highest BCUT2D eigenvalue weighted by Crippen LogP contribution is 2.81. The van der Waals surface area contributed by atoms with E-state index in [0.717, 1.165) is 34.5 Å². The molecular formula is C44H61N7O5. The van der Waals surface area contributed by atoms with Crippen LogP contribution < -0.4 is 26.0 Å². The Hall–Kier alpha value is -4.07. The molecule has 3 aliphatic carbocycles. The van der Waals surface area contributed by atoms with Gasteiger partial charge in [-0.25, -0.2) is 0 Å². The van der Waals surface area contributed by atoms with Crippen molar-refractivity contribution >= 4 is 17.5 Å². The molecule has 1 saturated heterocycles. The fourth-order valence-corrected chi connectivity index (χ4v) is 11.0. The van der Waals surface area contributed by atoms with Crippen LogP contribution in [0.1, 0.15) is 55.7 Å². The summed E-state index contributed by atoms with van der Waals surface area (Å²) in [5, 5.41) is 19.5. The van der Waals surface area contributed by atoms with Gasteiger partial charge in [-0.2, -0.15) is 5.06 Å². The van der Waals surface area contributed by atoms with Gasteiger partial charge in [-0.1, -0.05) is 45.0 Å². The molecule has 4 aliphatic rings. The number of nitrogens with two attached hydrogens (primary N) is 1. The first-order valence-corrected chi connectivity index (χ1v) is 20.1. The minimum Gasteiger partial charge on any atom is -0.496 e. The molecule has 3 aromatic rings. The summed E-state index contributed by atoms with van der Waals surface area (Å²) in [6, 6.07) is 16.6. The van der Waals surface area contributed by atoms with Gasteiger partial charge in [-0.15, -0.1) is 0 Å². The Morgan fingerprint density at radius 1 is 1.11 bits per heavy atom. The van der Waals surface area contributed by atoms with Crippen molar-refractivity contribution < 1.29 is 24.3 Å². The molecule has 0 bridgehead atoms. The molecule has 12 heteroatoms. The van der Waals surface area contributed by atoms with E-state index in [1.165, 1.54) is 0 Å². The maximum absolute atomic E-state index is 14.5. The Morgan fingerprint density at radius 2 is 1.88 bits per heavy atom. The van der Waals surface area contributed by atoms with Gasteiger partial charge in [0, 0.05) is 85.4 Å². The van der Waals surface area contributed by atoms with Gasteiger partial charge in [0.1, 0.15) is 11.8 Å². The average Bonchev–Trinajstić information content (AvgIpc) is 3.53. The van der Waals surface area contributed by atoms with E-state index in [-0.39, 0.29) is 36.5 Å². The van der Waals surface area contributed by atoms with Crippen LogP contribution in [0, 0.1) is 35.0 Å². The summed E-state index contributed by atoms with van der Waals surface area (Å²) in [6.45, 7) is 9.75. The predicted octanol–water partition coefficient (Wildman–Crippen LogP) is 3.96.